The predicted molar refractivity (Wildman–Crippen MR) is 105 cm³/mol. The highest BCUT2D eigenvalue weighted by molar-refractivity contribution is 5.85. The van der Waals surface area contributed by atoms with Gasteiger partial charge in [-0.1, -0.05) is 0 Å². The van der Waals surface area contributed by atoms with Crippen molar-refractivity contribution < 1.29 is 9.84 Å². The zero-order valence-electron chi connectivity index (χ0n) is 15.7. The van der Waals surface area contributed by atoms with Gasteiger partial charge in [0.2, 0.25) is 0 Å². The molecule has 0 bridgehead atoms. The maximum Gasteiger partial charge on any atom is 0.138 e. The molecule has 1 fully saturated rings. The van der Waals surface area contributed by atoms with E-state index in [-0.39, 0.29) is 6.61 Å². The number of piperazine rings is 1. The van der Waals surface area contributed by atoms with E-state index in [4.69, 9.17) is 4.74 Å². The molecule has 3 aromatic heterocycles. The van der Waals surface area contributed by atoms with Crippen LogP contribution in [-0.4, -0.2) is 58.6 Å². The first-order chi connectivity index (χ1) is 13.7. The maximum absolute atomic E-state index is 9.50. The molecule has 8 heteroatoms. The quantitative estimate of drug-likeness (QED) is 0.693. The van der Waals surface area contributed by atoms with Crippen LogP contribution in [0, 0.1) is 11.3 Å². The molecule has 8 nitrogen and oxygen atoms in total. The fourth-order valence-corrected chi connectivity index (χ4v) is 3.32. The number of aliphatic hydroxyl groups excluding tert-OH is 1. The fraction of sp³-hybridized carbons (Fsp3) is 0.350. The summed E-state index contributed by atoms with van der Waals surface area (Å²) in [5, 5.41) is 26.6. The minimum Gasteiger partial charge on any atom is -0.489 e. The second kappa shape index (κ2) is 7.84. The largest absolute Gasteiger partial charge is 0.489 e. The van der Waals surface area contributed by atoms with E-state index in [1.807, 2.05) is 24.4 Å². The van der Waals surface area contributed by atoms with Crippen LogP contribution in [0.1, 0.15) is 12.5 Å². The molecule has 4 rings (SSSR count). The third-order valence-corrected chi connectivity index (χ3v) is 4.70. The summed E-state index contributed by atoms with van der Waals surface area (Å²) < 4.78 is 7.30. The Balaban J connectivity index is 1.73. The lowest BCUT2D eigenvalue weighted by atomic mass is 10.1. The maximum atomic E-state index is 9.50. The van der Waals surface area contributed by atoms with E-state index in [0.717, 1.165) is 43.1 Å². The van der Waals surface area contributed by atoms with E-state index < -0.39 is 6.10 Å². The van der Waals surface area contributed by atoms with Gasteiger partial charge in [-0.05, 0) is 25.1 Å². The SMILES string of the molecule is CC(O)COc1cc(-c2ccc(N3CCNCC3)nc2)c2c(C#N)cnn2c1. The number of rotatable bonds is 5. The molecule has 0 aromatic carbocycles. The zero-order chi connectivity index (χ0) is 19.5. The topological polar surface area (TPSA) is 98.7 Å². The Morgan fingerprint density at radius 2 is 2.14 bits per heavy atom. The van der Waals surface area contributed by atoms with E-state index in [9.17, 15) is 10.4 Å². The lowest BCUT2D eigenvalue weighted by Crippen LogP contribution is -2.43. The molecule has 0 aliphatic carbocycles. The minimum absolute atomic E-state index is 0.178. The molecule has 1 aliphatic rings. The lowest BCUT2D eigenvalue weighted by Gasteiger charge is -2.28. The molecule has 1 saturated heterocycles. The number of fused-ring (bicyclic) bond motifs is 1. The number of aliphatic hydroxyl groups is 1. The monoisotopic (exact) mass is 378 g/mol. The van der Waals surface area contributed by atoms with Gasteiger partial charge in [0, 0.05) is 43.5 Å². The Labute approximate surface area is 163 Å². The van der Waals surface area contributed by atoms with Gasteiger partial charge in [-0.15, -0.1) is 0 Å². The molecule has 1 aliphatic heterocycles. The Morgan fingerprint density at radius 3 is 2.82 bits per heavy atom. The summed E-state index contributed by atoms with van der Waals surface area (Å²) in [6, 6.07) is 8.07. The van der Waals surface area contributed by atoms with Crippen molar-refractivity contribution in [1.82, 2.24) is 19.9 Å². The molecule has 2 N–H and O–H groups in total. The van der Waals surface area contributed by atoms with Gasteiger partial charge in [0.05, 0.1) is 29.6 Å². The van der Waals surface area contributed by atoms with E-state index >= 15 is 0 Å². The number of ether oxygens (including phenoxy) is 1. The van der Waals surface area contributed by atoms with Gasteiger partial charge in [-0.3, -0.25) is 0 Å². The molecule has 1 atom stereocenters. The van der Waals surface area contributed by atoms with Crippen molar-refractivity contribution in [3.05, 3.63) is 42.4 Å². The summed E-state index contributed by atoms with van der Waals surface area (Å²) in [5.41, 5.74) is 2.90. The Kier molecular flexibility index (Phi) is 5.10. The standard InChI is InChI=1S/C20H22N6O2/c1-14(27)13-28-17-8-18(20-16(9-21)11-24-26(20)12-17)15-2-3-19(23-10-15)25-6-4-22-5-7-25/h2-3,8,10-12,14,22,27H,4-7,13H2,1H3. The summed E-state index contributed by atoms with van der Waals surface area (Å²) >= 11 is 0. The second-order valence-electron chi connectivity index (χ2n) is 6.85. The van der Waals surface area contributed by atoms with Crippen LogP contribution < -0.4 is 15.0 Å². The number of hydrogen-bond acceptors (Lipinski definition) is 7. The second-order valence-corrected chi connectivity index (χ2v) is 6.85. The van der Waals surface area contributed by atoms with Gasteiger partial charge in [0.15, 0.2) is 0 Å². The van der Waals surface area contributed by atoms with Crippen LogP contribution in [0.2, 0.25) is 0 Å². The van der Waals surface area contributed by atoms with Gasteiger partial charge in [0.1, 0.15) is 24.2 Å². The van der Waals surface area contributed by atoms with E-state index in [2.05, 4.69) is 26.4 Å². The lowest BCUT2D eigenvalue weighted by molar-refractivity contribution is 0.122. The highest BCUT2D eigenvalue weighted by Gasteiger charge is 2.16. The molecule has 144 valence electrons. The molecule has 28 heavy (non-hydrogen) atoms. The van der Waals surface area contributed by atoms with Gasteiger partial charge in [-0.25, -0.2) is 9.50 Å². The Hall–Kier alpha value is -3.15. The summed E-state index contributed by atoms with van der Waals surface area (Å²) in [7, 11) is 0. The van der Waals surface area contributed by atoms with Crippen LogP contribution in [-0.2, 0) is 0 Å². The molecule has 3 aromatic rings. The molecule has 0 amide bonds. The number of nitrogens with zero attached hydrogens (tertiary/aromatic N) is 5. The predicted octanol–water partition coefficient (Wildman–Crippen LogP) is 1.44. The fourth-order valence-electron chi connectivity index (χ4n) is 3.32. The molecular formula is C20H22N6O2. The van der Waals surface area contributed by atoms with Crippen LogP contribution >= 0.6 is 0 Å². The summed E-state index contributed by atoms with van der Waals surface area (Å²) in [4.78, 5) is 6.88. The van der Waals surface area contributed by atoms with Gasteiger partial charge in [0.25, 0.3) is 0 Å². The van der Waals surface area contributed by atoms with Crippen molar-refractivity contribution in [3.8, 4) is 22.9 Å². The zero-order valence-corrected chi connectivity index (χ0v) is 15.7. The van der Waals surface area contributed by atoms with E-state index in [1.54, 1.807) is 23.8 Å². The first kappa shape index (κ1) is 18.2. The van der Waals surface area contributed by atoms with Crippen molar-refractivity contribution in [2.24, 2.45) is 0 Å². The molecule has 4 heterocycles. The van der Waals surface area contributed by atoms with Crippen LogP contribution in [0.4, 0.5) is 5.82 Å². The Morgan fingerprint density at radius 1 is 1.32 bits per heavy atom. The smallest absolute Gasteiger partial charge is 0.138 e. The average molecular weight is 378 g/mol. The first-order valence-electron chi connectivity index (χ1n) is 9.30. The number of nitriles is 1. The molecule has 0 radical (unpaired) electrons. The van der Waals surface area contributed by atoms with Crippen LogP contribution in [0.3, 0.4) is 0 Å². The van der Waals surface area contributed by atoms with Crippen molar-refractivity contribution in [2.75, 3.05) is 37.7 Å². The summed E-state index contributed by atoms with van der Waals surface area (Å²) in [6.45, 7) is 5.61. The minimum atomic E-state index is -0.577. The highest BCUT2D eigenvalue weighted by Crippen LogP contribution is 2.31. The van der Waals surface area contributed by atoms with Crippen LogP contribution in [0.25, 0.3) is 16.6 Å². The Bertz CT molecular complexity index is 1000. The summed E-state index contributed by atoms with van der Waals surface area (Å²) in [6.07, 6.45) is 4.50. The third-order valence-electron chi connectivity index (χ3n) is 4.70. The molecule has 0 spiro atoms. The first-order valence-corrected chi connectivity index (χ1v) is 9.30. The number of aromatic nitrogens is 3. The van der Waals surface area contributed by atoms with Gasteiger partial charge >= 0.3 is 0 Å². The normalized spacial score (nSPS) is 15.4. The highest BCUT2D eigenvalue weighted by atomic mass is 16.5. The van der Waals surface area contributed by atoms with Crippen molar-refractivity contribution in [2.45, 2.75) is 13.0 Å². The third kappa shape index (κ3) is 3.63. The number of pyridine rings is 2. The van der Waals surface area contributed by atoms with E-state index in [0.29, 0.717) is 16.8 Å². The van der Waals surface area contributed by atoms with Gasteiger partial charge < -0.3 is 20.1 Å². The van der Waals surface area contributed by atoms with Crippen LogP contribution in [0.5, 0.6) is 5.75 Å². The van der Waals surface area contributed by atoms with Crippen LogP contribution in [0.15, 0.2) is 36.8 Å². The number of hydrogen-bond donors (Lipinski definition) is 2. The van der Waals surface area contributed by atoms with Crippen molar-refractivity contribution in [3.63, 3.8) is 0 Å². The van der Waals surface area contributed by atoms with E-state index in [1.165, 1.54) is 0 Å². The van der Waals surface area contributed by atoms with Crippen molar-refractivity contribution >= 4 is 11.3 Å². The molecule has 1 unspecified atom stereocenters. The molecular weight excluding hydrogens is 356 g/mol. The number of nitrogens with one attached hydrogen (secondary N) is 1. The van der Waals surface area contributed by atoms with Gasteiger partial charge in [-0.2, -0.15) is 10.4 Å². The number of anilines is 1. The average Bonchev–Trinajstić information content (AvgIpc) is 3.15. The molecule has 0 saturated carbocycles. The van der Waals surface area contributed by atoms with Crippen molar-refractivity contribution in [1.29, 1.82) is 5.26 Å². The summed E-state index contributed by atoms with van der Waals surface area (Å²) in [5.74, 6) is 1.51.